The molecule has 12 heteroatoms. The molecule has 0 fully saturated rings. The van der Waals surface area contributed by atoms with Gasteiger partial charge in [-0.1, -0.05) is 0 Å². The Morgan fingerprint density at radius 3 is 0.667 bits per heavy atom. The summed E-state index contributed by atoms with van der Waals surface area (Å²) in [7, 11) is -5.17. The molecule has 0 bridgehead atoms. The summed E-state index contributed by atoms with van der Waals surface area (Å²) in [4.78, 5) is 0. The maximum atomic E-state index is 8.52. The second-order valence-corrected chi connectivity index (χ2v) is 1.22. The van der Waals surface area contributed by atoms with Crippen molar-refractivity contribution in [3.8, 4) is 0 Å². The van der Waals surface area contributed by atoms with Crippen molar-refractivity contribution in [2.75, 3.05) is 0 Å². The summed E-state index contributed by atoms with van der Waals surface area (Å²) in [6.45, 7) is 0. The first kappa shape index (κ1) is 76.2. The normalized spacial score (nSPS) is 4.83. The van der Waals surface area contributed by atoms with E-state index < -0.39 is 10.4 Å². The van der Waals surface area contributed by atoms with Gasteiger partial charge in [0.1, 0.15) is 0 Å². The van der Waals surface area contributed by atoms with Crippen LogP contribution in [0.4, 0.5) is 0 Å². The van der Waals surface area contributed by atoms with E-state index in [1.165, 1.54) is 0 Å². The summed E-state index contributed by atoms with van der Waals surface area (Å²) in [5.74, 6) is 0. The van der Waals surface area contributed by atoms with E-state index in [1.54, 1.807) is 0 Å². The molecular weight excluding hydrogens is 232 g/mol. The molecule has 10 nitrogen and oxygen atoms in total. The SMILES string of the molecule is O.O.O.O.O.O.O=S(=O)([O-])[O-].[Ca+2]. The summed E-state index contributed by atoms with van der Waals surface area (Å²) in [5.41, 5.74) is 0. The molecule has 0 aromatic rings. The molecular formula is H12CaO10S. The molecule has 0 aliphatic carbocycles. The fourth-order valence-corrected chi connectivity index (χ4v) is 0. The second-order valence-electron chi connectivity index (χ2n) is 0.408. The first-order chi connectivity index (χ1) is 2.00. The molecule has 0 aromatic heterocycles. The molecule has 0 aliphatic rings. The van der Waals surface area contributed by atoms with Crippen LogP contribution in [0.5, 0.6) is 0 Å². The Morgan fingerprint density at radius 1 is 0.667 bits per heavy atom. The Balaban J connectivity index is -0.00000000381. The number of rotatable bonds is 0. The predicted molar refractivity (Wildman–Crippen MR) is 37.9 cm³/mol. The fourth-order valence-electron chi connectivity index (χ4n) is 0. The van der Waals surface area contributed by atoms with Crippen LogP contribution in [0.3, 0.4) is 0 Å². The Bertz CT molecular complexity index is 93.0. The van der Waals surface area contributed by atoms with Crippen LogP contribution in [-0.4, -0.2) is 88.1 Å². The van der Waals surface area contributed by atoms with E-state index in [1.807, 2.05) is 0 Å². The van der Waals surface area contributed by atoms with Gasteiger partial charge in [0.25, 0.3) is 0 Å². The molecule has 0 rings (SSSR count). The Hall–Kier alpha value is 0.890. The first-order valence-corrected chi connectivity index (χ1v) is 2.00. The molecule has 0 unspecified atom stereocenters. The molecule has 0 spiro atoms. The molecule has 0 radical (unpaired) electrons. The molecule has 0 aliphatic heterocycles. The van der Waals surface area contributed by atoms with E-state index in [9.17, 15) is 0 Å². The van der Waals surface area contributed by atoms with Crippen molar-refractivity contribution in [2.45, 2.75) is 0 Å². The average molecular weight is 244 g/mol. The number of hydrogen-bond donors (Lipinski definition) is 0. The van der Waals surface area contributed by atoms with Gasteiger partial charge in [-0.05, 0) is 0 Å². The topological polar surface area (TPSA) is 269 Å². The van der Waals surface area contributed by atoms with Crippen LogP contribution in [-0.2, 0) is 10.4 Å². The first-order valence-electron chi connectivity index (χ1n) is 0.667. The molecule has 0 amide bonds. The molecule has 12 N–H and O–H groups in total. The fraction of sp³-hybridized carbons (Fsp3) is 0. The van der Waals surface area contributed by atoms with Crippen LogP contribution in [0.2, 0.25) is 0 Å². The van der Waals surface area contributed by atoms with Gasteiger partial charge >= 0.3 is 37.7 Å². The van der Waals surface area contributed by atoms with Gasteiger partial charge < -0.3 is 42.0 Å². The van der Waals surface area contributed by atoms with Crippen molar-refractivity contribution in [2.24, 2.45) is 0 Å². The standard InChI is InChI=1S/Ca.H2O4S.6H2O/c;1-5(2,3)4;;;;;;/h;(H2,1,2,3,4);6*1H2/q+2;;;;;;;/p-2. The zero-order chi connectivity index (χ0) is 4.50. The van der Waals surface area contributed by atoms with Crippen molar-refractivity contribution < 1.29 is 50.4 Å². The molecule has 0 saturated heterocycles. The van der Waals surface area contributed by atoms with Crippen molar-refractivity contribution >= 4 is 48.1 Å². The van der Waals surface area contributed by atoms with E-state index in [0.29, 0.717) is 0 Å². The Kier molecular flexibility index (Phi) is 189. The molecule has 0 aromatic carbocycles. The van der Waals surface area contributed by atoms with Gasteiger partial charge in [0.2, 0.25) is 0 Å². The minimum Gasteiger partial charge on any atom is -0.759 e. The van der Waals surface area contributed by atoms with Crippen molar-refractivity contribution in [3.05, 3.63) is 0 Å². The maximum absolute atomic E-state index is 8.52. The molecule has 80 valence electrons. The van der Waals surface area contributed by atoms with Gasteiger partial charge in [-0.15, -0.1) is 0 Å². The van der Waals surface area contributed by atoms with Crippen molar-refractivity contribution in [1.82, 2.24) is 0 Å². The number of hydrogen-bond acceptors (Lipinski definition) is 4. The smallest absolute Gasteiger partial charge is 0.759 e. The van der Waals surface area contributed by atoms with E-state index in [-0.39, 0.29) is 70.6 Å². The van der Waals surface area contributed by atoms with Crippen LogP contribution in [0.1, 0.15) is 0 Å². The zero-order valence-corrected chi connectivity index (χ0v) is 8.77. The van der Waals surface area contributed by atoms with E-state index in [4.69, 9.17) is 17.5 Å². The average Bonchev–Trinajstić information content (AvgIpc) is 0.722. The minimum atomic E-state index is -5.17. The van der Waals surface area contributed by atoms with Crippen molar-refractivity contribution in [1.29, 1.82) is 0 Å². The Morgan fingerprint density at radius 2 is 0.667 bits per heavy atom. The second kappa shape index (κ2) is 29.7. The molecule has 0 atom stereocenters. The Labute approximate surface area is 98.0 Å². The van der Waals surface area contributed by atoms with Gasteiger partial charge in [0.05, 0.1) is 0 Å². The predicted octanol–water partition coefficient (Wildman–Crippen LogP) is -6.67. The van der Waals surface area contributed by atoms with E-state index in [0.717, 1.165) is 0 Å². The third-order valence-electron chi connectivity index (χ3n) is 0. The van der Waals surface area contributed by atoms with E-state index >= 15 is 0 Å². The monoisotopic (exact) mass is 244 g/mol. The van der Waals surface area contributed by atoms with E-state index in [2.05, 4.69) is 0 Å². The summed E-state index contributed by atoms with van der Waals surface area (Å²) in [6, 6.07) is 0. The van der Waals surface area contributed by atoms with Crippen LogP contribution < -0.4 is 0 Å². The molecule has 0 saturated carbocycles. The maximum Gasteiger partial charge on any atom is 2.00 e. The summed E-state index contributed by atoms with van der Waals surface area (Å²) < 4.78 is 34.1. The molecule has 12 heavy (non-hydrogen) atoms. The van der Waals surface area contributed by atoms with Gasteiger partial charge in [-0.2, -0.15) is 0 Å². The minimum absolute atomic E-state index is 0. The summed E-state index contributed by atoms with van der Waals surface area (Å²) in [6.07, 6.45) is 0. The summed E-state index contributed by atoms with van der Waals surface area (Å²) >= 11 is 0. The van der Waals surface area contributed by atoms with Crippen LogP contribution in [0.25, 0.3) is 0 Å². The van der Waals surface area contributed by atoms with Crippen LogP contribution >= 0.6 is 0 Å². The quantitative estimate of drug-likeness (QED) is 0.228. The van der Waals surface area contributed by atoms with Crippen molar-refractivity contribution in [3.63, 3.8) is 0 Å². The summed E-state index contributed by atoms with van der Waals surface area (Å²) in [5, 5.41) is 0. The zero-order valence-electron chi connectivity index (χ0n) is 5.75. The third kappa shape index (κ3) is 1350. The largest absolute Gasteiger partial charge is 2.00 e. The molecule has 0 heterocycles. The van der Waals surface area contributed by atoms with Crippen LogP contribution in [0.15, 0.2) is 0 Å². The van der Waals surface area contributed by atoms with Gasteiger partial charge in [0.15, 0.2) is 0 Å². The van der Waals surface area contributed by atoms with Gasteiger partial charge in [0, 0.05) is 10.4 Å². The van der Waals surface area contributed by atoms with Gasteiger partial charge in [-0.25, -0.2) is 0 Å². The third-order valence-corrected chi connectivity index (χ3v) is 0. The van der Waals surface area contributed by atoms with Gasteiger partial charge in [-0.3, -0.25) is 8.42 Å². The van der Waals surface area contributed by atoms with Crippen LogP contribution in [0, 0.1) is 0 Å².